The number of hydrogen-bond acceptors (Lipinski definition) is 5. The molecule has 5 rings (SSSR count). The largest absolute Gasteiger partial charge is 0.310 e. The Morgan fingerprint density at radius 2 is 1.84 bits per heavy atom. The van der Waals surface area contributed by atoms with E-state index in [0.717, 1.165) is 36.9 Å². The van der Waals surface area contributed by atoms with E-state index in [1.54, 1.807) is 10.7 Å². The van der Waals surface area contributed by atoms with Crippen molar-refractivity contribution in [1.29, 1.82) is 0 Å². The summed E-state index contributed by atoms with van der Waals surface area (Å²) < 4.78 is 3.10. The van der Waals surface area contributed by atoms with Gasteiger partial charge in [0.05, 0.1) is 17.6 Å². The quantitative estimate of drug-likeness (QED) is 0.514. The Morgan fingerprint density at radius 1 is 1.09 bits per heavy atom. The van der Waals surface area contributed by atoms with Gasteiger partial charge in [0.2, 0.25) is 11.9 Å². The molecular formula is C23H25N7O2. The third-order valence-electron chi connectivity index (χ3n) is 5.96. The zero-order valence-corrected chi connectivity index (χ0v) is 18.1. The lowest BCUT2D eigenvalue weighted by Gasteiger charge is -2.20. The van der Waals surface area contributed by atoms with Crippen molar-refractivity contribution in [3.63, 3.8) is 0 Å². The fraction of sp³-hybridized carbons (Fsp3) is 0.348. The molecule has 0 spiro atoms. The molecule has 1 fully saturated rings. The topological polar surface area (TPSA) is 110 Å². The minimum absolute atomic E-state index is 0.00450. The number of nitrogens with one attached hydrogen (secondary N) is 2. The van der Waals surface area contributed by atoms with E-state index in [1.165, 1.54) is 17.3 Å². The second kappa shape index (κ2) is 8.07. The smallest absolute Gasteiger partial charge is 0.263 e. The highest BCUT2D eigenvalue weighted by molar-refractivity contribution is 5.92. The van der Waals surface area contributed by atoms with Crippen LogP contribution in [0.5, 0.6) is 0 Å². The number of rotatable bonds is 4. The number of aromatic amines is 1. The SMILES string of the molecule is Cc1ccc(-n2ncc3c(=O)[nH]c(-n4nc(C)cc4NC(=O)C4CCCCC4)nc32)cc1. The molecule has 0 bridgehead atoms. The minimum atomic E-state index is -0.318. The van der Waals surface area contributed by atoms with Gasteiger partial charge in [-0.3, -0.25) is 14.6 Å². The summed E-state index contributed by atoms with van der Waals surface area (Å²) in [7, 11) is 0. The number of benzene rings is 1. The van der Waals surface area contributed by atoms with Gasteiger partial charge in [-0.15, -0.1) is 0 Å². The van der Waals surface area contributed by atoms with Crippen molar-refractivity contribution in [3.05, 3.63) is 58.1 Å². The summed E-state index contributed by atoms with van der Waals surface area (Å²) >= 11 is 0. The van der Waals surface area contributed by atoms with E-state index in [9.17, 15) is 9.59 Å². The van der Waals surface area contributed by atoms with Crippen LogP contribution in [0, 0.1) is 19.8 Å². The molecule has 3 heterocycles. The molecule has 0 unspecified atom stereocenters. The molecule has 9 heteroatoms. The second-order valence-electron chi connectivity index (χ2n) is 8.43. The van der Waals surface area contributed by atoms with Crippen LogP contribution in [-0.2, 0) is 4.79 Å². The van der Waals surface area contributed by atoms with Gasteiger partial charge in [0, 0.05) is 12.0 Å². The first-order valence-electron chi connectivity index (χ1n) is 10.9. The number of carbonyl (C=O) groups is 1. The number of nitrogens with zero attached hydrogens (tertiary/aromatic N) is 5. The van der Waals surface area contributed by atoms with Gasteiger partial charge in [-0.2, -0.15) is 19.9 Å². The van der Waals surface area contributed by atoms with E-state index in [0.29, 0.717) is 22.5 Å². The minimum Gasteiger partial charge on any atom is -0.310 e. The van der Waals surface area contributed by atoms with Gasteiger partial charge in [-0.25, -0.2) is 4.68 Å². The van der Waals surface area contributed by atoms with Gasteiger partial charge in [-0.1, -0.05) is 37.0 Å². The molecule has 164 valence electrons. The highest BCUT2D eigenvalue weighted by atomic mass is 16.2. The van der Waals surface area contributed by atoms with Crippen LogP contribution >= 0.6 is 0 Å². The maximum atomic E-state index is 12.8. The lowest BCUT2D eigenvalue weighted by Crippen LogP contribution is -2.26. The number of fused-ring (bicyclic) bond motifs is 1. The molecule has 32 heavy (non-hydrogen) atoms. The van der Waals surface area contributed by atoms with E-state index < -0.39 is 0 Å². The van der Waals surface area contributed by atoms with Crippen molar-refractivity contribution >= 4 is 22.8 Å². The highest BCUT2D eigenvalue weighted by Gasteiger charge is 2.23. The fourth-order valence-corrected chi connectivity index (χ4v) is 4.23. The number of hydrogen-bond donors (Lipinski definition) is 2. The van der Waals surface area contributed by atoms with Crippen molar-refractivity contribution in [3.8, 4) is 11.6 Å². The van der Waals surface area contributed by atoms with Crippen LogP contribution in [0.4, 0.5) is 5.82 Å². The highest BCUT2D eigenvalue weighted by Crippen LogP contribution is 2.25. The molecule has 9 nitrogen and oxygen atoms in total. The number of carbonyl (C=O) groups excluding carboxylic acids is 1. The summed E-state index contributed by atoms with van der Waals surface area (Å²) in [6, 6.07) is 9.60. The Labute approximate surface area is 184 Å². The molecule has 3 aromatic heterocycles. The Morgan fingerprint density at radius 3 is 2.59 bits per heavy atom. The van der Waals surface area contributed by atoms with Crippen LogP contribution in [0.2, 0.25) is 0 Å². The van der Waals surface area contributed by atoms with Crippen LogP contribution in [0.25, 0.3) is 22.7 Å². The first kappa shape index (κ1) is 20.2. The summed E-state index contributed by atoms with van der Waals surface area (Å²) in [5, 5.41) is 12.2. The number of anilines is 1. The summed E-state index contributed by atoms with van der Waals surface area (Å²) in [6.45, 7) is 3.84. The fourth-order valence-electron chi connectivity index (χ4n) is 4.23. The van der Waals surface area contributed by atoms with E-state index in [-0.39, 0.29) is 23.3 Å². The summed E-state index contributed by atoms with van der Waals surface area (Å²) in [6.07, 6.45) is 6.63. The van der Waals surface area contributed by atoms with Crippen molar-refractivity contribution < 1.29 is 4.79 Å². The average Bonchev–Trinajstić information content (AvgIpc) is 3.38. The Hall–Kier alpha value is -3.75. The number of H-pyrrole nitrogens is 1. The molecule has 1 aromatic carbocycles. The standard InChI is InChI=1S/C23H25N7O2/c1-14-8-10-17(11-9-14)29-20-18(13-24-29)22(32)27-23(26-20)30-19(12-15(2)28-30)25-21(31)16-6-4-3-5-7-16/h8-13,16H,3-7H2,1-2H3,(H,25,31)(H,26,27,32). The predicted octanol–water partition coefficient (Wildman–Crippen LogP) is 3.43. The summed E-state index contributed by atoms with van der Waals surface area (Å²) in [4.78, 5) is 33.0. The van der Waals surface area contributed by atoms with Crippen molar-refractivity contribution in [2.24, 2.45) is 5.92 Å². The van der Waals surface area contributed by atoms with Gasteiger partial charge >= 0.3 is 0 Å². The Bertz CT molecular complexity index is 1340. The van der Waals surface area contributed by atoms with Crippen LogP contribution in [0.1, 0.15) is 43.4 Å². The normalized spacial score (nSPS) is 14.7. The summed E-state index contributed by atoms with van der Waals surface area (Å²) in [5.74, 6) is 0.703. The van der Waals surface area contributed by atoms with Crippen molar-refractivity contribution in [2.75, 3.05) is 5.32 Å². The number of aromatic nitrogens is 6. The van der Waals surface area contributed by atoms with Crippen LogP contribution in [-0.4, -0.2) is 35.4 Å². The monoisotopic (exact) mass is 431 g/mol. The van der Waals surface area contributed by atoms with Crippen LogP contribution in [0.15, 0.2) is 41.3 Å². The van der Waals surface area contributed by atoms with Crippen LogP contribution < -0.4 is 10.9 Å². The molecule has 2 N–H and O–H groups in total. The second-order valence-corrected chi connectivity index (χ2v) is 8.43. The van der Waals surface area contributed by atoms with Gasteiger partial charge in [0.1, 0.15) is 11.2 Å². The number of aryl methyl sites for hydroxylation is 2. The van der Waals surface area contributed by atoms with Crippen LogP contribution in [0.3, 0.4) is 0 Å². The van der Waals surface area contributed by atoms with Gasteiger partial charge < -0.3 is 5.32 Å². The maximum Gasteiger partial charge on any atom is 0.263 e. The van der Waals surface area contributed by atoms with Crippen molar-refractivity contribution in [1.82, 2.24) is 29.5 Å². The van der Waals surface area contributed by atoms with Gasteiger partial charge in [0.15, 0.2) is 5.65 Å². The Kier molecular flexibility index (Phi) is 5.08. The molecule has 4 aromatic rings. The van der Waals surface area contributed by atoms with Crippen molar-refractivity contribution in [2.45, 2.75) is 46.0 Å². The maximum absolute atomic E-state index is 12.8. The summed E-state index contributed by atoms with van der Waals surface area (Å²) in [5.41, 5.74) is 2.74. The third kappa shape index (κ3) is 3.70. The zero-order valence-electron chi connectivity index (χ0n) is 18.1. The molecular weight excluding hydrogens is 406 g/mol. The molecule has 0 radical (unpaired) electrons. The predicted molar refractivity (Wildman–Crippen MR) is 121 cm³/mol. The van der Waals surface area contributed by atoms with E-state index in [4.69, 9.17) is 0 Å². The lowest BCUT2D eigenvalue weighted by atomic mass is 9.89. The Balaban J connectivity index is 1.55. The third-order valence-corrected chi connectivity index (χ3v) is 5.96. The first-order valence-corrected chi connectivity index (χ1v) is 10.9. The zero-order chi connectivity index (χ0) is 22.2. The molecule has 1 amide bonds. The molecule has 1 aliphatic rings. The molecule has 0 saturated heterocycles. The first-order chi connectivity index (χ1) is 15.5. The van der Waals surface area contributed by atoms with Gasteiger partial charge in [0.25, 0.3) is 5.56 Å². The van der Waals surface area contributed by atoms with E-state index >= 15 is 0 Å². The van der Waals surface area contributed by atoms with Gasteiger partial charge in [-0.05, 0) is 38.8 Å². The molecule has 1 aliphatic carbocycles. The lowest BCUT2D eigenvalue weighted by molar-refractivity contribution is -0.120. The molecule has 0 aliphatic heterocycles. The van der Waals surface area contributed by atoms with E-state index in [2.05, 4.69) is 25.5 Å². The molecule has 0 atom stereocenters. The van der Waals surface area contributed by atoms with E-state index in [1.807, 2.05) is 38.1 Å². The molecule has 1 saturated carbocycles. The number of amides is 1. The average molecular weight is 432 g/mol.